The van der Waals surface area contributed by atoms with Crippen LogP contribution in [0.3, 0.4) is 0 Å². The molecule has 1 aromatic heterocycles. The molecule has 6 heteroatoms. The van der Waals surface area contributed by atoms with Crippen molar-refractivity contribution < 1.29 is 18.0 Å². The van der Waals surface area contributed by atoms with Crippen molar-refractivity contribution in [1.29, 1.82) is 0 Å². The number of carbonyl (C=O) groups is 1. The van der Waals surface area contributed by atoms with E-state index in [1.54, 1.807) is 19.0 Å². The smallest absolute Gasteiger partial charge is 0.383 e. The Balaban J connectivity index is 2.96. The Bertz CT molecular complexity index is 439. The quantitative estimate of drug-likeness (QED) is 0.604. The lowest BCUT2D eigenvalue weighted by atomic mass is 10.2. The molecule has 92 valence electrons. The van der Waals surface area contributed by atoms with Gasteiger partial charge in [-0.15, -0.1) is 0 Å². The van der Waals surface area contributed by atoms with E-state index in [2.05, 4.69) is 4.98 Å². The van der Waals surface area contributed by atoms with E-state index in [9.17, 15) is 18.0 Å². The molecule has 0 radical (unpaired) electrons. The Hall–Kier alpha value is -1.85. The second-order valence-corrected chi connectivity index (χ2v) is 3.57. The second kappa shape index (κ2) is 4.99. The van der Waals surface area contributed by atoms with E-state index in [1.165, 1.54) is 12.3 Å². The maximum Gasteiger partial charge on any atom is 0.416 e. The van der Waals surface area contributed by atoms with Crippen LogP contribution in [0.25, 0.3) is 0 Å². The minimum absolute atomic E-state index is 0.224. The summed E-state index contributed by atoms with van der Waals surface area (Å²) in [6.45, 7) is 0. The van der Waals surface area contributed by atoms with Crippen molar-refractivity contribution in [3.05, 3.63) is 41.9 Å². The lowest BCUT2D eigenvalue weighted by Crippen LogP contribution is -2.09. The molecular formula is C11H11F3N2O. The maximum atomic E-state index is 12.4. The Morgan fingerprint density at radius 2 is 2.06 bits per heavy atom. The van der Waals surface area contributed by atoms with Crippen LogP contribution in [0.4, 0.5) is 13.2 Å². The number of nitrogens with zero attached hydrogens (tertiary/aromatic N) is 2. The van der Waals surface area contributed by atoms with Crippen molar-refractivity contribution >= 4 is 5.78 Å². The van der Waals surface area contributed by atoms with Gasteiger partial charge in [-0.1, -0.05) is 0 Å². The number of allylic oxidation sites excluding steroid dienone is 1. The van der Waals surface area contributed by atoms with Gasteiger partial charge in [-0.25, -0.2) is 0 Å². The molecule has 0 amide bonds. The van der Waals surface area contributed by atoms with Gasteiger partial charge in [0.05, 0.1) is 5.56 Å². The van der Waals surface area contributed by atoms with E-state index in [4.69, 9.17) is 0 Å². The van der Waals surface area contributed by atoms with Gasteiger partial charge in [0.2, 0.25) is 5.78 Å². The number of hydrogen-bond donors (Lipinski definition) is 0. The minimum Gasteiger partial charge on any atom is -0.383 e. The topological polar surface area (TPSA) is 33.2 Å². The molecule has 1 heterocycles. The number of carbonyl (C=O) groups excluding carboxylic acids is 1. The van der Waals surface area contributed by atoms with E-state index in [1.807, 2.05) is 0 Å². The number of alkyl halides is 3. The van der Waals surface area contributed by atoms with Gasteiger partial charge in [0.1, 0.15) is 5.69 Å². The summed E-state index contributed by atoms with van der Waals surface area (Å²) < 4.78 is 37.1. The first-order chi connectivity index (χ1) is 7.80. The highest BCUT2D eigenvalue weighted by Crippen LogP contribution is 2.29. The van der Waals surface area contributed by atoms with Gasteiger partial charge >= 0.3 is 6.18 Å². The van der Waals surface area contributed by atoms with Crippen molar-refractivity contribution in [3.8, 4) is 0 Å². The van der Waals surface area contributed by atoms with Crippen molar-refractivity contribution in [1.82, 2.24) is 9.88 Å². The van der Waals surface area contributed by atoms with Crippen LogP contribution in [0.2, 0.25) is 0 Å². The second-order valence-electron chi connectivity index (χ2n) is 3.57. The minimum atomic E-state index is -4.47. The molecular weight excluding hydrogens is 233 g/mol. The van der Waals surface area contributed by atoms with Gasteiger partial charge in [0.25, 0.3) is 0 Å². The number of hydrogen-bond acceptors (Lipinski definition) is 3. The van der Waals surface area contributed by atoms with Crippen LogP contribution in [0.15, 0.2) is 30.6 Å². The molecule has 0 saturated heterocycles. The zero-order valence-corrected chi connectivity index (χ0v) is 9.32. The van der Waals surface area contributed by atoms with E-state index in [0.29, 0.717) is 0 Å². The highest BCUT2D eigenvalue weighted by Gasteiger charge is 2.31. The molecule has 0 N–H and O–H groups in total. The first-order valence-corrected chi connectivity index (χ1v) is 4.73. The largest absolute Gasteiger partial charge is 0.416 e. The summed E-state index contributed by atoms with van der Waals surface area (Å²) in [6.07, 6.45) is -0.879. The number of rotatable bonds is 3. The van der Waals surface area contributed by atoms with Crippen LogP contribution in [-0.2, 0) is 6.18 Å². The first kappa shape index (κ1) is 13.2. The highest BCUT2D eigenvalue weighted by molar-refractivity contribution is 6.03. The summed E-state index contributed by atoms with van der Waals surface area (Å²) in [5, 5.41) is 0. The lowest BCUT2D eigenvalue weighted by Gasteiger charge is -2.07. The molecule has 0 spiro atoms. The van der Waals surface area contributed by atoms with E-state index >= 15 is 0 Å². The fraction of sp³-hybridized carbons (Fsp3) is 0.273. The molecule has 1 aromatic rings. The van der Waals surface area contributed by atoms with E-state index < -0.39 is 17.5 Å². The predicted octanol–water partition coefficient (Wildman–Crippen LogP) is 2.36. The monoisotopic (exact) mass is 244 g/mol. The van der Waals surface area contributed by atoms with Crippen molar-refractivity contribution in [2.24, 2.45) is 0 Å². The standard InChI is InChI=1S/C11H11F3N2O/c1-16(2)6-4-10(17)9-7-8(3-5-15-9)11(12,13)14/h3-7H,1-2H3. The third-order valence-corrected chi connectivity index (χ3v) is 1.86. The van der Waals surface area contributed by atoms with E-state index in [-0.39, 0.29) is 5.69 Å². The van der Waals surface area contributed by atoms with Gasteiger partial charge in [-0.2, -0.15) is 13.2 Å². The van der Waals surface area contributed by atoms with Crippen molar-refractivity contribution in [2.45, 2.75) is 6.18 Å². The van der Waals surface area contributed by atoms with Gasteiger partial charge in [-0.3, -0.25) is 9.78 Å². The number of aromatic nitrogens is 1. The molecule has 0 aliphatic carbocycles. The van der Waals surface area contributed by atoms with Crippen LogP contribution < -0.4 is 0 Å². The van der Waals surface area contributed by atoms with Gasteiger partial charge in [-0.05, 0) is 12.1 Å². The van der Waals surface area contributed by atoms with Gasteiger partial charge < -0.3 is 4.90 Å². The average molecular weight is 244 g/mol. The summed E-state index contributed by atoms with van der Waals surface area (Å²) in [5.41, 5.74) is -1.10. The van der Waals surface area contributed by atoms with Gasteiger partial charge in [0, 0.05) is 32.6 Å². The Kier molecular flexibility index (Phi) is 3.88. The van der Waals surface area contributed by atoms with Crippen LogP contribution in [0.1, 0.15) is 16.1 Å². The Labute approximate surface area is 96.6 Å². The number of halogens is 3. The molecule has 0 unspecified atom stereocenters. The third-order valence-electron chi connectivity index (χ3n) is 1.86. The molecule has 17 heavy (non-hydrogen) atoms. The highest BCUT2D eigenvalue weighted by atomic mass is 19.4. The Morgan fingerprint density at radius 1 is 1.41 bits per heavy atom. The fourth-order valence-corrected chi connectivity index (χ4v) is 1.04. The molecule has 0 bridgehead atoms. The SMILES string of the molecule is CN(C)C=CC(=O)c1cc(C(F)(F)F)ccn1. The molecule has 0 fully saturated rings. The Morgan fingerprint density at radius 3 is 2.59 bits per heavy atom. The lowest BCUT2D eigenvalue weighted by molar-refractivity contribution is -0.137. The van der Waals surface area contributed by atoms with Crippen LogP contribution in [0, 0.1) is 0 Å². The zero-order valence-electron chi connectivity index (χ0n) is 9.32. The van der Waals surface area contributed by atoms with E-state index in [0.717, 1.165) is 18.3 Å². The van der Waals surface area contributed by atoms with Crippen molar-refractivity contribution in [3.63, 3.8) is 0 Å². The predicted molar refractivity (Wildman–Crippen MR) is 56.4 cm³/mol. The molecule has 0 aliphatic rings. The molecule has 0 aliphatic heterocycles. The normalized spacial score (nSPS) is 11.8. The molecule has 1 rings (SSSR count). The average Bonchev–Trinajstić information content (AvgIpc) is 2.25. The maximum absolute atomic E-state index is 12.4. The molecule has 3 nitrogen and oxygen atoms in total. The zero-order chi connectivity index (χ0) is 13.1. The molecule has 0 saturated carbocycles. The summed E-state index contributed by atoms with van der Waals surface area (Å²) in [6, 6.07) is 1.56. The van der Waals surface area contributed by atoms with Gasteiger partial charge in [0.15, 0.2) is 0 Å². The molecule has 0 atom stereocenters. The molecule has 0 aromatic carbocycles. The van der Waals surface area contributed by atoms with Crippen LogP contribution >= 0.6 is 0 Å². The van der Waals surface area contributed by atoms with Crippen LogP contribution in [0.5, 0.6) is 0 Å². The summed E-state index contributed by atoms with van der Waals surface area (Å²) in [5.74, 6) is -0.565. The first-order valence-electron chi connectivity index (χ1n) is 4.73. The summed E-state index contributed by atoms with van der Waals surface area (Å²) >= 11 is 0. The fourth-order valence-electron chi connectivity index (χ4n) is 1.04. The number of pyridine rings is 1. The summed E-state index contributed by atoms with van der Waals surface area (Å²) in [7, 11) is 3.40. The number of ketones is 1. The third kappa shape index (κ3) is 3.90. The van der Waals surface area contributed by atoms with Crippen molar-refractivity contribution in [2.75, 3.05) is 14.1 Å². The van der Waals surface area contributed by atoms with Crippen LogP contribution in [-0.4, -0.2) is 29.8 Å². The summed E-state index contributed by atoms with van der Waals surface area (Å²) in [4.78, 5) is 16.7.